The highest BCUT2D eigenvalue weighted by molar-refractivity contribution is 4.65. The van der Waals surface area contributed by atoms with Crippen molar-refractivity contribution < 1.29 is 0 Å². The topological polar surface area (TPSA) is 0 Å². The van der Waals surface area contributed by atoms with Gasteiger partial charge < -0.3 is 0 Å². The van der Waals surface area contributed by atoms with Crippen LogP contribution in [0, 0.1) is 11.8 Å². The van der Waals surface area contributed by atoms with Crippen molar-refractivity contribution in [1.29, 1.82) is 0 Å². The molecule has 0 amide bonds. The van der Waals surface area contributed by atoms with E-state index in [1.165, 1.54) is 51.4 Å². The molecule has 0 aromatic rings. The molecule has 1 unspecified atom stereocenters. The maximum absolute atomic E-state index is 2.46. The molecular weight excluding hydrogens is 192 g/mol. The van der Waals surface area contributed by atoms with Crippen molar-refractivity contribution in [2.75, 3.05) is 0 Å². The first kappa shape index (κ1) is 18.4. The summed E-state index contributed by atoms with van der Waals surface area (Å²) >= 11 is 0. The molecule has 0 bridgehead atoms. The van der Waals surface area contributed by atoms with E-state index in [1.807, 2.05) is 13.8 Å². The Bertz CT molecular complexity index is 107. The average Bonchev–Trinajstić information content (AvgIpc) is 2.33. The van der Waals surface area contributed by atoms with Crippen LogP contribution in [0.15, 0.2) is 0 Å². The third kappa shape index (κ3) is 10.5. The second-order valence-corrected chi connectivity index (χ2v) is 4.78. The summed E-state index contributed by atoms with van der Waals surface area (Å²) in [5.41, 5.74) is 0. The van der Waals surface area contributed by atoms with Crippen LogP contribution in [0.3, 0.4) is 0 Å². The molecule has 0 saturated heterocycles. The number of unbranched alkanes of at least 4 members (excludes halogenated alkanes) is 3. The fourth-order valence-electron chi connectivity index (χ4n) is 2.31. The highest BCUT2D eigenvalue weighted by atomic mass is 14.2. The predicted octanol–water partition coefficient (Wildman–Crippen LogP) is 6.45. The smallest absolute Gasteiger partial charge is 0.0391 e. The van der Waals surface area contributed by atoms with Gasteiger partial charge in [0.15, 0.2) is 0 Å². The molecule has 0 heterocycles. The predicted molar refractivity (Wildman–Crippen MR) is 78.0 cm³/mol. The normalized spacial score (nSPS) is 13.9. The molecule has 0 aliphatic heterocycles. The molecular formula is C16H36. The van der Waals surface area contributed by atoms with Crippen LogP contribution in [0.25, 0.3) is 0 Å². The Labute approximate surface area is 105 Å². The minimum atomic E-state index is 0.957. The minimum absolute atomic E-state index is 0.957. The van der Waals surface area contributed by atoms with Gasteiger partial charge >= 0.3 is 0 Å². The Morgan fingerprint density at radius 3 is 1.75 bits per heavy atom. The van der Waals surface area contributed by atoms with Crippen LogP contribution in [0.4, 0.5) is 0 Å². The third-order valence-corrected chi connectivity index (χ3v) is 3.52. The zero-order valence-electron chi connectivity index (χ0n) is 12.8. The van der Waals surface area contributed by atoms with Gasteiger partial charge in [0.2, 0.25) is 0 Å². The van der Waals surface area contributed by atoms with Gasteiger partial charge in [-0.15, -0.1) is 0 Å². The molecule has 0 aromatic carbocycles. The molecule has 0 spiro atoms. The first-order valence-electron chi connectivity index (χ1n) is 7.76. The lowest BCUT2D eigenvalue weighted by Crippen LogP contribution is -2.10. The van der Waals surface area contributed by atoms with Crippen molar-refractivity contribution in [3.63, 3.8) is 0 Å². The Morgan fingerprint density at radius 2 is 1.31 bits per heavy atom. The standard InChI is InChI=1S/C14H30.C2H6/c1-5-8-10-11-13(4)14(7-3)12-9-6-2;1-2/h13-14H,5-12H2,1-4H3;1-2H3/t13?,14-;/m1./s1. The number of hydrogen-bond acceptors (Lipinski definition) is 0. The molecule has 0 radical (unpaired) electrons. The summed E-state index contributed by atoms with van der Waals surface area (Å²) in [6.07, 6.45) is 11.3. The summed E-state index contributed by atoms with van der Waals surface area (Å²) in [4.78, 5) is 0. The van der Waals surface area contributed by atoms with Gasteiger partial charge in [-0.1, -0.05) is 92.9 Å². The maximum Gasteiger partial charge on any atom is -0.0391 e. The van der Waals surface area contributed by atoms with Crippen molar-refractivity contribution in [2.45, 2.75) is 92.9 Å². The molecule has 100 valence electrons. The monoisotopic (exact) mass is 228 g/mol. The van der Waals surface area contributed by atoms with Crippen LogP contribution in [0.2, 0.25) is 0 Å². The Hall–Kier alpha value is 0. The van der Waals surface area contributed by atoms with E-state index in [1.54, 1.807) is 0 Å². The Balaban J connectivity index is 0. The minimum Gasteiger partial charge on any atom is -0.0683 e. The van der Waals surface area contributed by atoms with Gasteiger partial charge in [0.25, 0.3) is 0 Å². The summed E-state index contributed by atoms with van der Waals surface area (Å²) < 4.78 is 0. The van der Waals surface area contributed by atoms with E-state index in [9.17, 15) is 0 Å². The van der Waals surface area contributed by atoms with Gasteiger partial charge in [-0.3, -0.25) is 0 Å². The first-order chi connectivity index (χ1) is 7.76. The lowest BCUT2D eigenvalue weighted by atomic mass is 9.84. The molecule has 0 N–H and O–H groups in total. The molecule has 0 heteroatoms. The fourth-order valence-corrected chi connectivity index (χ4v) is 2.31. The number of rotatable bonds is 9. The van der Waals surface area contributed by atoms with Gasteiger partial charge in [0, 0.05) is 0 Å². The van der Waals surface area contributed by atoms with Gasteiger partial charge in [0.1, 0.15) is 0 Å². The van der Waals surface area contributed by atoms with Crippen molar-refractivity contribution in [1.82, 2.24) is 0 Å². The molecule has 0 saturated carbocycles. The molecule has 0 fully saturated rings. The van der Waals surface area contributed by atoms with E-state index in [0.29, 0.717) is 0 Å². The molecule has 0 aliphatic rings. The van der Waals surface area contributed by atoms with Crippen LogP contribution >= 0.6 is 0 Å². The van der Waals surface area contributed by atoms with E-state index >= 15 is 0 Å². The van der Waals surface area contributed by atoms with E-state index in [2.05, 4.69) is 27.7 Å². The van der Waals surface area contributed by atoms with E-state index in [-0.39, 0.29) is 0 Å². The highest BCUT2D eigenvalue weighted by Crippen LogP contribution is 2.26. The first-order valence-corrected chi connectivity index (χ1v) is 7.76. The largest absolute Gasteiger partial charge is 0.0683 e. The molecule has 0 aliphatic carbocycles. The zero-order valence-corrected chi connectivity index (χ0v) is 12.8. The quantitative estimate of drug-likeness (QED) is 0.398. The van der Waals surface area contributed by atoms with Gasteiger partial charge in [-0.25, -0.2) is 0 Å². The molecule has 0 nitrogen and oxygen atoms in total. The van der Waals surface area contributed by atoms with Gasteiger partial charge in [0.05, 0.1) is 0 Å². The van der Waals surface area contributed by atoms with Crippen molar-refractivity contribution >= 4 is 0 Å². The zero-order chi connectivity index (χ0) is 12.8. The average molecular weight is 228 g/mol. The summed E-state index contributed by atoms with van der Waals surface area (Å²) in [6, 6.07) is 0. The second-order valence-electron chi connectivity index (χ2n) is 4.78. The lowest BCUT2D eigenvalue weighted by molar-refractivity contribution is 0.294. The van der Waals surface area contributed by atoms with E-state index < -0.39 is 0 Å². The van der Waals surface area contributed by atoms with E-state index in [0.717, 1.165) is 11.8 Å². The summed E-state index contributed by atoms with van der Waals surface area (Å²) in [5, 5.41) is 0. The van der Waals surface area contributed by atoms with Gasteiger partial charge in [-0.05, 0) is 11.8 Å². The summed E-state index contributed by atoms with van der Waals surface area (Å²) in [6.45, 7) is 13.4. The SMILES string of the molecule is CC.CCCCCC(C)[C@H](CC)CCCC. The van der Waals surface area contributed by atoms with Crippen LogP contribution < -0.4 is 0 Å². The molecule has 16 heavy (non-hydrogen) atoms. The van der Waals surface area contributed by atoms with Crippen LogP contribution in [0.1, 0.15) is 92.9 Å². The molecule has 2 atom stereocenters. The van der Waals surface area contributed by atoms with Gasteiger partial charge in [-0.2, -0.15) is 0 Å². The van der Waals surface area contributed by atoms with Crippen LogP contribution in [-0.4, -0.2) is 0 Å². The molecule has 0 aromatic heterocycles. The fraction of sp³-hybridized carbons (Fsp3) is 1.00. The van der Waals surface area contributed by atoms with Crippen molar-refractivity contribution in [3.8, 4) is 0 Å². The Kier molecular flexibility index (Phi) is 17.2. The highest BCUT2D eigenvalue weighted by Gasteiger charge is 2.13. The van der Waals surface area contributed by atoms with Crippen molar-refractivity contribution in [3.05, 3.63) is 0 Å². The lowest BCUT2D eigenvalue weighted by Gasteiger charge is -2.22. The summed E-state index contributed by atoms with van der Waals surface area (Å²) in [5.74, 6) is 1.95. The van der Waals surface area contributed by atoms with Crippen LogP contribution in [-0.2, 0) is 0 Å². The van der Waals surface area contributed by atoms with Crippen molar-refractivity contribution in [2.24, 2.45) is 11.8 Å². The summed E-state index contributed by atoms with van der Waals surface area (Å²) in [7, 11) is 0. The molecule has 0 rings (SSSR count). The Morgan fingerprint density at radius 1 is 0.750 bits per heavy atom. The van der Waals surface area contributed by atoms with Crippen LogP contribution in [0.5, 0.6) is 0 Å². The maximum atomic E-state index is 2.46. The third-order valence-electron chi connectivity index (χ3n) is 3.52. The second kappa shape index (κ2) is 15.0. The number of hydrogen-bond donors (Lipinski definition) is 0. The van der Waals surface area contributed by atoms with E-state index in [4.69, 9.17) is 0 Å².